The van der Waals surface area contributed by atoms with Gasteiger partial charge in [-0.3, -0.25) is 0 Å². The van der Waals surface area contributed by atoms with Gasteiger partial charge in [0.25, 0.3) is 0 Å². The molecule has 1 amide bonds. The first kappa shape index (κ1) is 21.7. The molecule has 1 aliphatic heterocycles. The van der Waals surface area contributed by atoms with Crippen molar-refractivity contribution >= 4 is 34.4 Å². The Kier molecular flexibility index (Phi) is 7.48. The second-order valence-electron chi connectivity index (χ2n) is 8.99. The minimum Gasteiger partial charge on any atom is -0.444 e. The van der Waals surface area contributed by atoms with Gasteiger partial charge in [0, 0.05) is 27.9 Å². The number of rotatable bonds is 4. The zero-order valence-corrected chi connectivity index (χ0v) is 19.5. The Morgan fingerprint density at radius 1 is 1.14 bits per heavy atom. The number of hydrogen-bond donors (Lipinski definition) is 2. The van der Waals surface area contributed by atoms with E-state index in [2.05, 4.69) is 62.4 Å². The van der Waals surface area contributed by atoms with Gasteiger partial charge in [0.15, 0.2) is 0 Å². The van der Waals surface area contributed by atoms with E-state index in [1.807, 2.05) is 20.8 Å². The van der Waals surface area contributed by atoms with E-state index in [1.165, 1.54) is 28.5 Å². The van der Waals surface area contributed by atoms with E-state index in [0.717, 1.165) is 32.4 Å². The van der Waals surface area contributed by atoms with Gasteiger partial charge in [0.05, 0.1) is 6.04 Å². The van der Waals surface area contributed by atoms with Gasteiger partial charge < -0.3 is 20.3 Å². The van der Waals surface area contributed by atoms with Crippen molar-refractivity contribution in [2.75, 3.05) is 18.0 Å². The molecule has 0 aromatic heterocycles. The topological polar surface area (TPSA) is 53.6 Å². The number of nitrogens with one attached hydrogen (secondary N) is 2. The number of carbonyl (C=O) groups is 1. The van der Waals surface area contributed by atoms with Crippen molar-refractivity contribution < 1.29 is 9.53 Å². The van der Waals surface area contributed by atoms with Crippen LogP contribution in [0.5, 0.6) is 0 Å². The van der Waals surface area contributed by atoms with Crippen LogP contribution in [-0.4, -0.2) is 42.9 Å². The molecule has 1 saturated heterocycles. The third kappa shape index (κ3) is 5.99. The molecule has 0 unspecified atom stereocenters. The third-order valence-electron chi connectivity index (χ3n) is 5.58. The molecular weight excluding hydrogens is 465 g/mol. The first-order valence-electron chi connectivity index (χ1n) is 10.6. The number of nitrogens with zero attached hydrogens (tertiary/aromatic N) is 1. The summed E-state index contributed by atoms with van der Waals surface area (Å²) in [5.74, 6) is 0. The molecule has 28 heavy (non-hydrogen) atoms. The molecule has 2 fully saturated rings. The summed E-state index contributed by atoms with van der Waals surface area (Å²) in [5.41, 5.74) is 0.786. The van der Waals surface area contributed by atoms with Crippen LogP contribution in [-0.2, 0) is 4.74 Å². The van der Waals surface area contributed by atoms with E-state index in [0.29, 0.717) is 12.1 Å². The molecule has 1 heterocycles. The molecule has 5 nitrogen and oxygen atoms in total. The van der Waals surface area contributed by atoms with Crippen LogP contribution >= 0.6 is 22.6 Å². The van der Waals surface area contributed by atoms with E-state index in [-0.39, 0.29) is 12.1 Å². The van der Waals surface area contributed by atoms with Crippen molar-refractivity contribution in [1.82, 2.24) is 10.6 Å². The van der Waals surface area contributed by atoms with E-state index < -0.39 is 5.60 Å². The second kappa shape index (κ2) is 9.65. The molecule has 1 aliphatic carbocycles. The van der Waals surface area contributed by atoms with Crippen LogP contribution in [0, 0.1) is 3.57 Å². The molecule has 0 radical (unpaired) electrons. The number of hydrogen-bond acceptors (Lipinski definition) is 4. The molecular formula is C22H34IN3O2. The minimum atomic E-state index is -0.475. The Morgan fingerprint density at radius 2 is 1.86 bits per heavy atom. The lowest BCUT2D eigenvalue weighted by Crippen LogP contribution is -2.59. The fraction of sp³-hybridized carbons (Fsp3) is 0.682. The largest absolute Gasteiger partial charge is 0.444 e. The van der Waals surface area contributed by atoms with Crippen molar-refractivity contribution in [3.05, 3.63) is 27.8 Å². The summed E-state index contributed by atoms with van der Waals surface area (Å²) in [5, 5.41) is 6.77. The Bertz CT molecular complexity index is 638. The summed E-state index contributed by atoms with van der Waals surface area (Å²) in [6.07, 6.45) is 6.55. The van der Waals surface area contributed by atoms with Crippen LogP contribution < -0.4 is 15.5 Å². The van der Waals surface area contributed by atoms with E-state index in [1.54, 1.807) is 0 Å². The van der Waals surface area contributed by atoms with Crippen molar-refractivity contribution in [3.63, 3.8) is 0 Å². The zero-order chi connectivity index (χ0) is 20.1. The normalized spacial score (nSPS) is 25.8. The lowest BCUT2D eigenvalue weighted by Gasteiger charge is -2.47. The first-order chi connectivity index (χ1) is 13.3. The molecule has 1 saturated carbocycles. The number of halogens is 1. The highest BCUT2D eigenvalue weighted by Crippen LogP contribution is 2.32. The van der Waals surface area contributed by atoms with E-state index in [9.17, 15) is 4.79 Å². The average molecular weight is 499 g/mol. The number of alkyl carbamates (subject to hydrolysis) is 1. The Labute approximate surface area is 183 Å². The maximum Gasteiger partial charge on any atom is 0.407 e. The molecule has 0 bridgehead atoms. The van der Waals surface area contributed by atoms with Gasteiger partial charge in [0.2, 0.25) is 0 Å². The number of ether oxygens (including phenoxy) is 1. The van der Waals surface area contributed by atoms with Crippen LogP contribution in [0.1, 0.15) is 59.3 Å². The molecule has 156 valence electrons. The predicted molar refractivity (Wildman–Crippen MR) is 123 cm³/mol. The van der Waals surface area contributed by atoms with Crippen LogP contribution in [0.2, 0.25) is 0 Å². The summed E-state index contributed by atoms with van der Waals surface area (Å²) < 4.78 is 6.80. The summed E-state index contributed by atoms with van der Waals surface area (Å²) >= 11 is 2.36. The number of anilines is 1. The van der Waals surface area contributed by atoms with Crippen LogP contribution in [0.25, 0.3) is 0 Å². The first-order valence-corrected chi connectivity index (χ1v) is 11.7. The van der Waals surface area contributed by atoms with Gasteiger partial charge in [-0.2, -0.15) is 0 Å². The molecule has 0 spiro atoms. The standard InChI is InChI=1S/C22H34IN3O2/c1-22(2,3)28-21(27)25-19-8-4-5-9-20(19)26(18-7-6-14-24-15-18)17-12-10-16(23)11-13-17/h10-13,18-20,24H,4-9,14-15H2,1-3H3,(H,25,27)/t18-,19+,20+/m0/s1. The molecule has 6 heteroatoms. The fourth-order valence-corrected chi connectivity index (χ4v) is 4.79. The highest BCUT2D eigenvalue weighted by atomic mass is 127. The molecule has 1 aromatic carbocycles. The van der Waals surface area contributed by atoms with Crippen LogP contribution in [0.15, 0.2) is 24.3 Å². The van der Waals surface area contributed by atoms with Gasteiger partial charge in [0.1, 0.15) is 5.60 Å². The number of benzene rings is 1. The molecule has 1 aromatic rings. The molecule has 3 rings (SSSR count). The summed E-state index contributed by atoms with van der Waals surface area (Å²) in [6.45, 7) is 7.84. The number of carbonyl (C=O) groups excluding carboxylic acids is 1. The lowest BCUT2D eigenvalue weighted by molar-refractivity contribution is 0.0483. The molecule has 2 aliphatic rings. The highest BCUT2D eigenvalue weighted by Gasteiger charge is 2.36. The number of amides is 1. The smallest absolute Gasteiger partial charge is 0.407 e. The van der Waals surface area contributed by atoms with E-state index in [4.69, 9.17) is 4.74 Å². The molecule has 2 N–H and O–H groups in total. The van der Waals surface area contributed by atoms with Crippen molar-refractivity contribution in [2.24, 2.45) is 0 Å². The maximum absolute atomic E-state index is 12.5. The SMILES string of the molecule is CC(C)(C)OC(=O)N[C@@H]1CCCC[C@H]1N(c1ccc(I)cc1)[C@H]1CCCNC1. The third-order valence-corrected chi connectivity index (χ3v) is 6.30. The Balaban J connectivity index is 1.83. The highest BCUT2D eigenvalue weighted by molar-refractivity contribution is 14.1. The quantitative estimate of drug-likeness (QED) is 0.591. The second-order valence-corrected chi connectivity index (χ2v) is 10.2. The van der Waals surface area contributed by atoms with Crippen molar-refractivity contribution in [1.29, 1.82) is 0 Å². The van der Waals surface area contributed by atoms with Crippen molar-refractivity contribution in [3.8, 4) is 0 Å². The van der Waals surface area contributed by atoms with Gasteiger partial charge >= 0.3 is 6.09 Å². The van der Waals surface area contributed by atoms with Crippen LogP contribution in [0.4, 0.5) is 10.5 Å². The number of piperidine rings is 1. The van der Waals surface area contributed by atoms with Gasteiger partial charge in [-0.1, -0.05) is 12.8 Å². The van der Waals surface area contributed by atoms with Crippen molar-refractivity contribution in [2.45, 2.75) is 83.0 Å². The maximum atomic E-state index is 12.5. The fourth-order valence-electron chi connectivity index (χ4n) is 4.43. The summed E-state index contributed by atoms with van der Waals surface area (Å²) in [4.78, 5) is 15.1. The molecule has 3 atom stereocenters. The summed E-state index contributed by atoms with van der Waals surface area (Å²) in [7, 11) is 0. The predicted octanol–water partition coefficient (Wildman–Crippen LogP) is 4.69. The Hall–Kier alpha value is -1.02. The van der Waals surface area contributed by atoms with Crippen LogP contribution in [0.3, 0.4) is 0 Å². The minimum absolute atomic E-state index is 0.116. The zero-order valence-electron chi connectivity index (χ0n) is 17.3. The average Bonchev–Trinajstić information content (AvgIpc) is 2.64. The monoisotopic (exact) mass is 499 g/mol. The lowest BCUT2D eigenvalue weighted by atomic mass is 9.87. The summed E-state index contributed by atoms with van der Waals surface area (Å²) in [6, 6.07) is 9.69. The van der Waals surface area contributed by atoms with Gasteiger partial charge in [-0.05, 0) is 99.9 Å². The van der Waals surface area contributed by atoms with Gasteiger partial charge in [-0.15, -0.1) is 0 Å². The van der Waals surface area contributed by atoms with E-state index >= 15 is 0 Å². The van der Waals surface area contributed by atoms with Gasteiger partial charge in [-0.25, -0.2) is 4.79 Å². The Morgan fingerprint density at radius 3 is 2.50 bits per heavy atom.